The summed E-state index contributed by atoms with van der Waals surface area (Å²) in [5, 5.41) is 25.5. The van der Waals surface area contributed by atoms with E-state index in [1.807, 2.05) is 18.7 Å². The van der Waals surface area contributed by atoms with E-state index < -0.39 is 0 Å². The van der Waals surface area contributed by atoms with Crippen LogP contribution < -0.4 is 4.90 Å². The van der Waals surface area contributed by atoms with Gasteiger partial charge < -0.3 is 10.0 Å². The van der Waals surface area contributed by atoms with Crippen molar-refractivity contribution in [2.24, 2.45) is 0 Å². The molecular weight excluding hydrogens is 192 g/mol. The van der Waals surface area contributed by atoms with E-state index in [9.17, 15) is 0 Å². The highest BCUT2D eigenvalue weighted by atomic mass is 16.3. The van der Waals surface area contributed by atoms with Gasteiger partial charge in [-0.3, -0.25) is 0 Å². The zero-order valence-electron chi connectivity index (χ0n) is 8.88. The number of aromatic nitrogens is 2. The Bertz CT molecular complexity index is 359. The number of hydrogen-bond acceptors (Lipinski definition) is 5. The second-order valence-corrected chi connectivity index (χ2v) is 3.39. The Labute approximate surface area is 89.0 Å². The minimum Gasteiger partial charge on any atom is -0.395 e. The van der Waals surface area contributed by atoms with E-state index in [4.69, 9.17) is 10.4 Å². The molecule has 0 radical (unpaired) electrons. The summed E-state index contributed by atoms with van der Waals surface area (Å²) in [6.45, 7) is 4.43. The molecule has 0 aliphatic rings. The number of rotatable bonds is 4. The maximum atomic E-state index is 8.94. The fourth-order valence-corrected chi connectivity index (χ4v) is 1.34. The van der Waals surface area contributed by atoms with Crippen molar-refractivity contribution in [3.05, 3.63) is 17.8 Å². The zero-order chi connectivity index (χ0) is 11.3. The lowest BCUT2D eigenvalue weighted by atomic mass is 10.2. The molecule has 1 N–H and O–H groups in total. The number of aliphatic hydroxyl groups is 1. The van der Waals surface area contributed by atoms with Crippen molar-refractivity contribution in [1.29, 1.82) is 5.26 Å². The van der Waals surface area contributed by atoms with Crippen molar-refractivity contribution in [3.63, 3.8) is 0 Å². The maximum Gasteiger partial charge on any atom is 0.169 e. The van der Waals surface area contributed by atoms with Crippen LogP contribution in [0.15, 0.2) is 12.3 Å². The third-order valence-electron chi connectivity index (χ3n) is 2.06. The summed E-state index contributed by atoms with van der Waals surface area (Å²) in [7, 11) is 0. The molecule has 80 valence electrons. The molecule has 1 rings (SSSR count). The summed E-state index contributed by atoms with van der Waals surface area (Å²) in [4.78, 5) is 1.85. The van der Waals surface area contributed by atoms with Gasteiger partial charge >= 0.3 is 0 Å². The van der Waals surface area contributed by atoms with Crippen LogP contribution in [0, 0.1) is 11.3 Å². The highest BCUT2D eigenvalue weighted by Gasteiger charge is 2.15. The predicted octanol–water partition coefficient (Wildman–Crippen LogP) is 0.555. The number of hydrogen-bond donors (Lipinski definition) is 1. The molecule has 1 aromatic heterocycles. The molecule has 15 heavy (non-hydrogen) atoms. The maximum absolute atomic E-state index is 8.94. The fourth-order valence-electron chi connectivity index (χ4n) is 1.34. The Hall–Kier alpha value is -1.67. The molecule has 0 saturated heterocycles. The Morgan fingerprint density at radius 2 is 2.33 bits per heavy atom. The van der Waals surface area contributed by atoms with E-state index >= 15 is 0 Å². The monoisotopic (exact) mass is 206 g/mol. The van der Waals surface area contributed by atoms with Gasteiger partial charge in [-0.15, -0.1) is 5.10 Å². The lowest BCUT2D eigenvalue weighted by Crippen LogP contribution is -2.34. The van der Waals surface area contributed by atoms with Crippen LogP contribution >= 0.6 is 0 Å². The van der Waals surface area contributed by atoms with Crippen LogP contribution in [0.1, 0.15) is 19.4 Å². The standard InChI is InChI=1S/C10H14N4O/c1-8(2)14(5-6-15)10-9(7-11)3-4-12-13-10/h3-4,8,15H,5-6H2,1-2H3. The summed E-state index contributed by atoms with van der Waals surface area (Å²) in [5.41, 5.74) is 0.479. The average molecular weight is 206 g/mol. The number of nitrogens with zero attached hydrogens (tertiary/aromatic N) is 4. The van der Waals surface area contributed by atoms with E-state index in [0.717, 1.165) is 0 Å². The van der Waals surface area contributed by atoms with Crippen molar-refractivity contribution in [1.82, 2.24) is 10.2 Å². The molecule has 0 bridgehead atoms. The number of nitriles is 1. The molecule has 5 heteroatoms. The van der Waals surface area contributed by atoms with E-state index in [-0.39, 0.29) is 12.6 Å². The molecule has 0 aliphatic heterocycles. The Balaban J connectivity index is 3.05. The third kappa shape index (κ3) is 2.64. The second kappa shape index (κ2) is 5.27. The molecule has 1 heterocycles. The Kier molecular flexibility index (Phi) is 4.01. The molecule has 0 atom stereocenters. The molecule has 0 amide bonds. The van der Waals surface area contributed by atoms with Gasteiger partial charge in [-0.1, -0.05) is 0 Å². The van der Waals surface area contributed by atoms with Gasteiger partial charge in [-0.2, -0.15) is 10.4 Å². The summed E-state index contributed by atoms with van der Waals surface area (Å²) >= 11 is 0. The van der Waals surface area contributed by atoms with Gasteiger partial charge in [-0.25, -0.2) is 0 Å². The van der Waals surface area contributed by atoms with E-state index in [1.54, 1.807) is 6.07 Å². The van der Waals surface area contributed by atoms with Crippen LogP contribution in [0.25, 0.3) is 0 Å². The molecule has 0 fully saturated rings. The Morgan fingerprint density at radius 3 is 2.87 bits per heavy atom. The van der Waals surface area contributed by atoms with Crippen LogP contribution in [0.3, 0.4) is 0 Å². The third-order valence-corrected chi connectivity index (χ3v) is 2.06. The largest absolute Gasteiger partial charge is 0.395 e. The number of anilines is 1. The van der Waals surface area contributed by atoms with Crippen LogP contribution in [-0.4, -0.2) is 34.5 Å². The lowest BCUT2D eigenvalue weighted by Gasteiger charge is -2.26. The number of aliphatic hydroxyl groups excluding tert-OH is 1. The summed E-state index contributed by atoms with van der Waals surface area (Å²) in [6.07, 6.45) is 1.49. The van der Waals surface area contributed by atoms with Crippen LogP contribution in [0.4, 0.5) is 5.82 Å². The van der Waals surface area contributed by atoms with Crippen molar-refractivity contribution in [2.75, 3.05) is 18.1 Å². The summed E-state index contributed by atoms with van der Waals surface area (Å²) < 4.78 is 0. The predicted molar refractivity (Wildman–Crippen MR) is 56.3 cm³/mol. The van der Waals surface area contributed by atoms with Crippen molar-refractivity contribution in [2.45, 2.75) is 19.9 Å². The van der Waals surface area contributed by atoms with Crippen molar-refractivity contribution < 1.29 is 5.11 Å². The van der Waals surface area contributed by atoms with Gasteiger partial charge in [-0.05, 0) is 19.9 Å². The minimum absolute atomic E-state index is 0.0274. The first-order valence-corrected chi connectivity index (χ1v) is 4.80. The molecule has 0 unspecified atom stereocenters. The van der Waals surface area contributed by atoms with Crippen molar-refractivity contribution in [3.8, 4) is 6.07 Å². The van der Waals surface area contributed by atoms with Crippen LogP contribution in [0.2, 0.25) is 0 Å². The van der Waals surface area contributed by atoms with Gasteiger partial charge in [0.05, 0.1) is 18.4 Å². The molecule has 0 spiro atoms. The van der Waals surface area contributed by atoms with Crippen LogP contribution in [-0.2, 0) is 0 Å². The quantitative estimate of drug-likeness (QED) is 0.779. The van der Waals surface area contributed by atoms with E-state index in [2.05, 4.69) is 16.3 Å². The smallest absolute Gasteiger partial charge is 0.169 e. The normalized spacial score (nSPS) is 10.1. The van der Waals surface area contributed by atoms with Gasteiger partial charge in [0.15, 0.2) is 5.82 Å². The summed E-state index contributed by atoms with van der Waals surface area (Å²) in [6, 6.07) is 3.85. The second-order valence-electron chi connectivity index (χ2n) is 3.39. The molecule has 1 aromatic rings. The first kappa shape index (κ1) is 11.4. The fraction of sp³-hybridized carbons (Fsp3) is 0.500. The molecule has 0 aromatic carbocycles. The highest BCUT2D eigenvalue weighted by Crippen LogP contribution is 2.17. The van der Waals surface area contributed by atoms with Crippen LogP contribution in [0.5, 0.6) is 0 Å². The lowest BCUT2D eigenvalue weighted by molar-refractivity contribution is 0.298. The Morgan fingerprint density at radius 1 is 1.60 bits per heavy atom. The highest BCUT2D eigenvalue weighted by molar-refractivity contribution is 5.52. The van der Waals surface area contributed by atoms with Gasteiger partial charge in [0.2, 0.25) is 0 Å². The van der Waals surface area contributed by atoms with Crippen molar-refractivity contribution >= 4 is 5.82 Å². The average Bonchev–Trinajstić information content (AvgIpc) is 2.25. The topological polar surface area (TPSA) is 73.0 Å². The first-order valence-electron chi connectivity index (χ1n) is 4.80. The van der Waals surface area contributed by atoms with Gasteiger partial charge in [0, 0.05) is 12.6 Å². The molecule has 5 nitrogen and oxygen atoms in total. The molecular formula is C10H14N4O. The SMILES string of the molecule is CC(C)N(CCO)c1nnccc1C#N. The van der Waals surface area contributed by atoms with E-state index in [0.29, 0.717) is 17.9 Å². The van der Waals surface area contributed by atoms with E-state index in [1.165, 1.54) is 6.20 Å². The first-order chi connectivity index (χ1) is 7.20. The molecule has 0 saturated carbocycles. The zero-order valence-corrected chi connectivity index (χ0v) is 8.88. The minimum atomic E-state index is 0.0274. The van der Waals surface area contributed by atoms with Gasteiger partial charge in [0.25, 0.3) is 0 Å². The summed E-state index contributed by atoms with van der Waals surface area (Å²) in [5.74, 6) is 0.532. The van der Waals surface area contributed by atoms with Gasteiger partial charge in [0.1, 0.15) is 6.07 Å². The molecule has 0 aliphatic carbocycles.